The number of halogens is 1. The maximum absolute atomic E-state index is 11.7. The minimum absolute atomic E-state index is 0.0687. The van der Waals surface area contributed by atoms with E-state index in [0.717, 1.165) is 5.71 Å². The zero-order valence-electron chi connectivity index (χ0n) is 10.9. The van der Waals surface area contributed by atoms with E-state index in [1.807, 2.05) is 6.92 Å². The van der Waals surface area contributed by atoms with Crippen LogP contribution in [0.4, 0.5) is 5.69 Å². The summed E-state index contributed by atoms with van der Waals surface area (Å²) in [5.74, 6) is -0.584. The number of hydrogen-bond acceptors (Lipinski definition) is 6. The van der Waals surface area contributed by atoms with Crippen molar-refractivity contribution in [3.8, 4) is 0 Å². The van der Waals surface area contributed by atoms with Crippen LogP contribution in [0.15, 0.2) is 11.2 Å². The Morgan fingerprint density at radius 3 is 2.89 bits per heavy atom. The van der Waals surface area contributed by atoms with Crippen LogP contribution in [-0.2, 0) is 9.57 Å². The molecule has 2 heterocycles. The fourth-order valence-electron chi connectivity index (χ4n) is 1.78. The summed E-state index contributed by atoms with van der Waals surface area (Å²) in [5, 5.41) is 7.02. The van der Waals surface area contributed by atoms with E-state index in [0.29, 0.717) is 17.8 Å². The Bertz CT molecular complexity index is 545. The molecule has 1 aliphatic rings. The standard InChI is InChI=1S/C12H14ClN3O3/c1-6-4-9(19-16-6)7-5-8(14-2)10(13)11(15-7)12(17)18-3/h5,9H,4H2,1-3H3,(H,14,15). The van der Waals surface area contributed by atoms with E-state index in [1.54, 1.807) is 13.1 Å². The molecular formula is C12H14ClN3O3. The number of methoxy groups -OCH3 is 1. The van der Waals surface area contributed by atoms with Gasteiger partial charge in [-0.3, -0.25) is 0 Å². The highest BCUT2D eigenvalue weighted by molar-refractivity contribution is 6.35. The van der Waals surface area contributed by atoms with E-state index in [9.17, 15) is 4.79 Å². The van der Waals surface area contributed by atoms with Gasteiger partial charge >= 0.3 is 5.97 Å². The van der Waals surface area contributed by atoms with Gasteiger partial charge in [0.25, 0.3) is 0 Å². The van der Waals surface area contributed by atoms with Crippen molar-refractivity contribution >= 4 is 29.0 Å². The van der Waals surface area contributed by atoms with Crippen LogP contribution in [0, 0.1) is 0 Å². The lowest BCUT2D eigenvalue weighted by Crippen LogP contribution is -2.11. The molecule has 0 amide bonds. The van der Waals surface area contributed by atoms with Gasteiger partial charge in [0, 0.05) is 13.5 Å². The first-order valence-electron chi connectivity index (χ1n) is 5.72. The summed E-state index contributed by atoms with van der Waals surface area (Å²) in [4.78, 5) is 21.2. The summed E-state index contributed by atoms with van der Waals surface area (Å²) in [6.07, 6.45) is 0.339. The monoisotopic (exact) mass is 283 g/mol. The molecule has 1 aliphatic heterocycles. The number of ether oxygens (including phenoxy) is 1. The van der Waals surface area contributed by atoms with Gasteiger partial charge in [0.2, 0.25) is 0 Å². The van der Waals surface area contributed by atoms with Gasteiger partial charge in [0.1, 0.15) is 0 Å². The number of esters is 1. The molecule has 0 aliphatic carbocycles. The maximum atomic E-state index is 11.7. The Morgan fingerprint density at radius 1 is 1.63 bits per heavy atom. The first-order chi connectivity index (χ1) is 9.06. The number of pyridine rings is 1. The number of carbonyl (C=O) groups excluding carboxylic acids is 1. The van der Waals surface area contributed by atoms with Crippen molar-refractivity contribution in [2.24, 2.45) is 5.16 Å². The predicted octanol–water partition coefficient (Wildman–Crippen LogP) is 2.40. The molecule has 0 saturated heterocycles. The molecule has 0 radical (unpaired) electrons. The number of rotatable bonds is 3. The van der Waals surface area contributed by atoms with E-state index in [4.69, 9.17) is 16.4 Å². The van der Waals surface area contributed by atoms with Gasteiger partial charge in [0.05, 0.1) is 29.2 Å². The molecule has 0 saturated carbocycles. The molecule has 1 N–H and O–H groups in total. The zero-order valence-corrected chi connectivity index (χ0v) is 11.6. The SMILES string of the molecule is CNc1cc(C2CC(C)=NO2)nc(C(=O)OC)c1Cl. The second-order valence-electron chi connectivity index (χ2n) is 4.12. The van der Waals surface area contributed by atoms with Crippen molar-refractivity contribution in [2.75, 3.05) is 19.5 Å². The van der Waals surface area contributed by atoms with Crippen molar-refractivity contribution in [2.45, 2.75) is 19.4 Å². The average Bonchev–Trinajstić information content (AvgIpc) is 2.84. The summed E-state index contributed by atoms with van der Waals surface area (Å²) < 4.78 is 4.67. The Balaban J connectivity index is 2.42. The molecule has 6 nitrogen and oxygen atoms in total. The molecular weight excluding hydrogens is 270 g/mol. The fraction of sp³-hybridized carbons (Fsp3) is 0.417. The summed E-state index contributed by atoms with van der Waals surface area (Å²) in [6.45, 7) is 1.87. The fourth-order valence-corrected chi connectivity index (χ4v) is 2.05. The van der Waals surface area contributed by atoms with Crippen LogP contribution >= 0.6 is 11.6 Å². The second kappa shape index (κ2) is 5.44. The number of nitrogens with zero attached hydrogens (tertiary/aromatic N) is 2. The highest BCUT2D eigenvalue weighted by Crippen LogP contribution is 2.32. The number of hydrogen-bond donors (Lipinski definition) is 1. The highest BCUT2D eigenvalue weighted by atomic mass is 35.5. The lowest BCUT2D eigenvalue weighted by Gasteiger charge is -2.13. The smallest absolute Gasteiger partial charge is 0.358 e. The van der Waals surface area contributed by atoms with E-state index in [2.05, 4.69) is 20.2 Å². The molecule has 1 aromatic heterocycles. The van der Waals surface area contributed by atoms with Crippen molar-refractivity contribution < 1.29 is 14.4 Å². The van der Waals surface area contributed by atoms with Gasteiger partial charge < -0.3 is 14.9 Å². The summed E-state index contributed by atoms with van der Waals surface area (Å²) in [5.41, 5.74) is 2.14. The molecule has 1 unspecified atom stereocenters. The Morgan fingerprint density at radius 2 is 2.37 bits per heavy atom. The Labute approximate surface area is 115 Å². The molecule has 0 bridgehead atoms. The molecule has 0 aromatic carbocycles. The van der Waals surface area contributed by atoms with E-state index >= 15 is 0 Å². The van der Waals surface area contributed by atoms with Gasteiger partial charge in [-0.05, 0) is 13.0 Å². The number of aromatic nitrogens is 1. The normalized spacial score (nSPS) is 17.7. The van der Waals surface area contributed by atoms with E-state index in [1.165, 1.54) is 7.11 Å². The molecule has 102 valence electrons. The Hall–Kier alpha value is -1.82. The molecule has 19 heavy (non-hydrogen) atoms. The molecule has 7 heteroatoms. The third-order valence-corrected chi connectivity index (χ3v) is 3.15. The topological polar surface area (TPSA) is 72.8 Å². The minimum atomic E-state index is -0.584. The summed E-state index contributed by atoms with van der Waals surface area (Å²) in [7, 11) is 2.99. The van der Waals surface area contributed by atoms with Crippen LogP contribution in [0.5, 0.6) is 0 Å². The summed E-state index contributed by atoms with van der Waals surface area (Å²) >= 11 is 6.09. The van der Waals surface area contributed by atoms with Crippen LogP contribution in [0.2, 0.25) is 5.02 Å². The van der Waals surface area contributed by atoms with E-state index < -0.39 is 5.97 Å². The maximum Gasteiger partial charge on any atom is 0.358 e. The van der Waals surface area contributed by atoms with E-state index in [-0.39, 0.29) is 16.8 Å². The van der Waals surface area contributed by atoms with Crippen LogP contribution < -0.4 is 5.32 Å². The average molecular weight is 284 g/mol. The molecule has 0 fully saturated rings. The van der Waals surface area contributed by atoms with Crippen molar-refractivity contribution in [1.29, 1.82) is 0 Å². The van der Waals surface area contributed by atoms with Gasteiger partial charge in [-0.15, -0.1) is 0 Å². The number of carbonyl (C=O) groups is 1. The highest BCUT2D eigenvalue weighted by Gasteiger charge is 2.26. The second-order valence-corrected chi connectivity index (χ2v) is 4.50. The lowest BCUT2D eigenvalue weighted by molar-refractivity contribution is 0.0589. The van der Waals surface area contributed by atoms with Crippen molar-refractivity contribution in [1.82, 2.24) is 4.98 Å². The molecule has 1 atom stereocenters. The van der Waals surface area contributed by atoms with Crippen molar-refractivity contribution in [3.63, 3.8) is 0 Å². The largest absolute Gasteiger partial charge is 0.464 e. The molecule has 2 rings (SSSR count). The first-order valence-corrected chi connectivity index (χ1v) is 6.10. The van der Waals surface area contributed by atoms with Crippen molar-refractivity contribution in [3.05, 3.63) is 22.5 Å². The van der Waals surface area contributed by atoms with Gasteiger partial charge in [-0.1, -0.05) is 16.8 Å². The minimum Gasteiger partial charge on any atom is -0.464 e. The van der Waals surface area contributed by atoms with Gasteiger partial charge in [-0.2, -0.15) is 0 Å². The van der Waals surface area contributed by atoms with Gasteiger partial charge in [-0.25, -0.2) is 9.78 Å². The number of anilines is 1. The lowest BCUT2D eigenvalue weighted by atomic mass is 10.1. The zero-order chi connectivity index (χ0) is 14.0. The molecule has 0 spiro atoms. The quantitative estimate of drug-likeness (QED) is 0.862. The van der Waals surface area contributed by atoms with Crippen LogP contribution in [0.3, 0.4) is 0 Å². The summed E-state index contributed by atoms with van der Waals surface area (Å²) in [6, 6.07) is 1.74. The first kappa shape index (κ1) is 13.6. The Kier molecular flexibility index (Phi) is 3.90. The van der Waals surface area contributed by atoms with Crippen LogP contribution in [0.25, 0.3) is 0 Å². The third-order valence-electron chi connectivity index (χ3n) is 2.77. The molecule has 1 aromatic rings. The van der Waals surface area contributed by atoms with Crippen LogP contribution in [-0.4, -0.2) is 30.8 Å². The number of oxime groups is 1. The predicted molar refractivity (Wildman–Crippen MR) is 71.7 cm³/mol. The third kappa shape index (κ3) is 2.63. The number of nitrogens with one attached hydrogen (secondary N) is 1. The van der Waals surface area contributed by atoms with Crippen LogP contribution in [0.1, 0.15) is 35.6 Å². The van der Waals surface area contributed by atoms with Gasteiger partial charge in [0.15, 0.2) is 11.8 Å².